The Balaban J connectivity index is 0.000000223. The highest BCUT2D eigenvalue weighted by molar-refractivity contribution is 7.17. The molecular formula is C25H35ClN4O2S. The zero-order valence-electron chi connectivity index (χ0n) is 19.8. The molecule has 180 valence electrons. The summed E-state index contributed by atoms with van der Waals surface area (Å²) in [5, 5.41) is 14.7. The lowest BCUT2D eigenvalue weighted by Crippen LogP contribution is -2.23. The molecule has 4 rings (SSSR count). The summed E-state index contributed by atoms with van der Waals surface area (Å²) in [6, 6.07) is 9.51. The number of benzene rings is 1. The second-order valence-electron chi connectivity index (χ2n) is 8.11. The third-order valence-electron chi connectivity index (χ3n) is 5.33. The summed E-state index contributed by atoms with van der Waals surface area (Å²) < 4.78 is 0.659. The van der Waals surface area contributed by atoms with Crippen molar-refractivity contribution in [3.05, 3.63) is 56.2 Å². The summed E-state index contributed by atoms with van der Waals surface area (Å²) >= 11 is 6.78. The van der Waals surface area contributed by atoms with Gasteiger partial charge >= 0.3 is 0 Å². The van der Waals surface area contributed by atoms with Crippen molar-refractivity contribution in [2.24, 2.45) is 5.16 Å². The predicted octanol–water partition coefficient (Wildman–Crippen LogP) is 5.28. The first-order valence-electron chi connectivity index (χ1n) is 11.4. The fourth-order valence-electron chi connectivity index (χ4n) is 3.65. The van der Waals surface area contributed by atoms with Crippen LogP contribution in [0.15, 0.2) is 35.5 Å². The molecule has 0 amide bonds. The van der Waals surface area contributed by atoms with Gasteiger partial charge in [-0.3, -0.25) is 4.79 Å². The standard InChI is InChI=1S/C15H21N3O.C5H3ClOS.C5H11N/c1-3-4-12-7-11(9-16)5-6-14(12)15-8-13(10-17-2)19-18-15;6-5-2-1-4(3-7)8-5;1-6-4-2-3-5-6/h5-7,9,13,16-17H,3-4,8,10H2,1-2H3;1-3H;2-5H2,1H3. The lowest BCUT2D eigenvalue weighted by molar-refractivity contribution is 0.0866. The highest BCUT2D eigenvalue weighted by atomic mass is 35.5. The van der Waals surface area contributed by atoms with E-state index in [0.29, 0.717) is 9.21 Å². The van der Waals surface area contributed by atoms with E-state index in [2.05, 4.69) is 41.5 Å². The summed E-state index contributed by atoms with van der Waals surface area (Å²) in [6.07, 6.45) is 8.08. The Hall–Kier alpha value is -2.06. The smallest absolute Gasteiger partial charge is 0.160 e. The Kier molecular flexibility index (Phi) is 12.3. The van der Waals surface area contributed by atoms with Gasteiger partial charge in [0.2, 0.25) is 0 Å². The minimum atomic E-state index is 0.136. The molecule has 0 saturated carbocycles. The van der Waals surface area contributed by atoms with Crippen LogP contribution in [0.3, 0.4) is 0 Å². The lowest BCUT2D eigenvalue weighted by atomic mass is 9.95. The first-order valence-corrected chi connectivity index (χ1v) is 12.6. The van der Waals surface area contributed by atoms with Gasteiger partial charge in [0, 0.05) is 24.7 Å². The molecule has 8 heteroatoms. The van der Waals surface area contributed by atoms with Crippen LogP contribution in [0.2, 0.25) is 4.34 Å². The summed E-state index contributed by atoms with van der Waals surface area (Å²) in [4.78, 5) is 18.4. The Morgan fingerprint density at radius 2 is 2.06 bits per heavy atom. The molecule has 2 aliphatic heterocycles. The van der Waals surface area contributed by atoms with Crippen LogP contribution >= 0.6 is 22.9 Å². The molecule has 2 aromatic rings. The minimum Gasteiger partial charge on any atom is -0.390 e. The maximum atomic E-state index is 9.97. The van der Waals surface area contributed by atoms with Crippen molar-refractivity contribution in [2.75, 3.05) is 33.7 Å². The van der Waals surface area contributed by atoms with E-state index in [1.165, 1.54) is 54.6 Å². The number of oxime groups is 1. The molecule has 6 nitrogen and oxygen atoms in total. The van der Waals surface area contributed by atoms with Gasteiger partial charge in [-0.15, -0.1) is 11.3 Å². The quantitative estimate of drug-likeness (QED) is 0.409. The normalized spacial score (nSPS) is 17.2. The molecule has 3 heterocycles. The van der Waals surface area contributed by atoms with Gasteiger partial charge in [-0.2, -0.15) is 0 Å². The first kappa shape index (κ1) is 27.2. The molecule has 0 radical (unpaired) electrons. The number of hydrogen-bond acceptors (Lipinski definition) is 7. The zero-order chi connectivity index (χ0) is 24.1. The van der Waals surface area contributed by atoms with E-state index in [1.54, 1.807) is 12.1 Å². The third kappa shape index (κ3) is 9.37. The number of nitrogens with one attached hydrogen (secondary N) is 2. The average molecular weight is 491 g/mol. The molecule has 1 fully saturated rings. The van der Waals surface area contributed by atoms with E-state index in [-0.39, 0.29) is 6.10 Å². The van der Waals surface area contributed by atoms with E-state index in [0.717, 1.165) is 43.4 Å². The summed E-state index contributed by atoms with van der Waals surface area (Å²) in [5.41, 5.74) is 4.40. The fourth-order valence-corrected chi connectivity index (χ4v) is 4.53. The van der Waals surface area contributed by atoms with Crippen LogP contribution in [0, 0.1) is 5.41 Å². The maximum Gasteiger partial charge on any atom is 0.160 e. The molecule has 2 aliphatic rings. The number of likely N-dealkylation sites (tertiary alicyclic amines) is 1. The van der Waals surface area contributed by atoms with Crippen LogP contribution < -0.4 is 5.32 Å². The predicted molar refractivity (Wildman–Crippen MR) is 140 cm³/mol. The average Bonchev–Trinajstić information content (AvgIpc) is 3.58. The Morgan fingerprint density at radius 1 is 1.30 bits per heavy atom. The zero-order valence-corrected chi connectivity index (χ0v) is 21.3. The number of aldehydes is 1. The monoisotopic (exact) mass is 490 g/mol. The van der Waals surface area contributed by atoms with Gasteiger partial charge in [-0.1, -0.05) is 42.2 Å². The van der Waals surface area contributed by atoms with Gasteiger partial charge in [-0.05, 0) is 75.8 Å². The van der Waals surface area contributed by atoms with Gasteiger partial charge in [0.1, 0.15) is 6.10 Å². The highest BCUT2D eigenvalue weighted by Gasteiger charge is 2.23. The largest absolute Gasteiger partial charge is 0.390 e. The SMILES string of the molecule is CCCc1cc(C=N)ccc1C1=NOC(CNC)C1.CN1CCCC1.O=Cc1ccc(Cl)s1. The van der Waals surface area contributed by atoms with Crippen LogP contribution in [0.25, 0.3) is 0 Å². The summed E-state index contributed by atoms with van der Waals surface area (Å²) in [5.74, 6) is 0. The molecule has 1 atom stereocenters. The van der Waals surface area contributed by atoms with E-state index in [9.17, 15) is 4.79 Å². The second kappa shape index (κ2) is 15.0. The molecule has 1 aromatic carbocycles. The van der Waals surface area contributed by atoms with E-state index in [4.69, 9.17) is 21.8 Å². The summed E-state index contributed by atoms with van der Waals surface area (Å²) in [6.45, 7) is 5.62. The van der Waals surface area contributed by atoms with Gasteiger partial charge in [-0.25, -0.2) is 0 Å². The number of aryl methyl sites for hydroxylation is 1. The number of nitrogens with zero attached hydrogens (tertiary/aromatic N) is 2. The molecular weight excluding hydrogens is 456 g/mol. The van der Waals surface area contributed by atoms with Gasteiger partial charge in [0.05, 0.1) is 14.9 Å². The van der Waals surface area contributed by atoms with E-state index < -0.39 is 0 Å². The molecule has 0 bridgehead atoms. The molecule has 0 aliphatic carbocycles. The molecule has 1 saturated heterocycles. The molecule has 2 N–H and O–H groups in total. The van der Waals surface area contributed by atoms with Crippen molar-refractivity contribution >= 4 is 41.2 Å². The number of carbonyl (C=O) groups is 1. The topological polar surface area (TPSA) is 77.8 Å². The van der Waals surface area contributed by atoms with Crippen LogP contribution in [0.4, 0.5) is 0 Å². The van der Waals surface area contributed by atoms with Gasteiger partial charge in [0.15, 0.2) is 6.29 Å². The van der Waals surface area contributed by atoms with Crippen molar-refractivity contribution in [2.45, 2.75) is 45.1 Å². The van der Waals surface area contributed by atoms with Crippen molar-refractivity contribution < 1.29 is 9.63 Å². The number of rotatable bonds is 7. The van der Waals surface area contributed by atoms with Gasteiger partial charge in [0.25, 0.3) is 0 Å². The van der Waals surface area contributed by atoms with E-state index in [1.807, 2.05) is 13.1 Å². The second-order valence-corrected chi connectivity index (χ2v) is 9.85. The van der Waals surface area contributed by atoms with E-state index >= 15 is 0 Å². The molecule has 33 heavy (non-hydrogen) atoms. The van der Waals surface area contributed by atoms with Crippen molar-refractivity contribution in [3.63, 3.8) is 0 Å². The van der Waals surface area contributed by atoms with Crippen LogP contribution in [0.5, 0.6) is 0 Å². The van der Waals surface area contributed by atoms with Crippen LogP contribution in [-0.2, 0) is 11.3 Å². The summed E-state index contributed by atoms with van der Waals surface area (Å²) in [7, 11) is 4.09. The minimum absolute atomic E-state index is 0.136. The molecule has 1 aromatic heterocycles. The Labute approximate surface area is 206 Å². The van der Waals surface area contributed by atoms with Crippen molar-refractivity contribution in [1.82, 2.24) is 10.2 Å². The van der Waals surface area contributed by atoms with Gasteiger partial charge < -0.3 is 20.5 Å². The number of halogens is 1. The fraction of sp³-hybridized carbons (Fsp3) is 0.480. The maximum absolute atomic E-state index is 9.97. The third-order valence-corrected chi connectivity index (χ3v) is 6.49. The highest BCUT2D eigenvalue weighted by Crippen LogP contribution is 2.22. The van der Waals surface area contributed by atoms with Crippen molar-refractivity contribution in [1.29, 1.82) is 5.41 Å². The number of likely N-dealkylation sites (N-methyl/N-ethyl adjacent to an activating group) is 1. The van der Waals surface area contributed by atoms with Crippen molar-refractivity contribution in [3.8, 4) is 0 Å². The lowest BCUT2D eigenvalue weighted by Gasteiger charge is -2.09. The Morgan fingerprint density at radius 3 is 2.55 bits per heavy atom. The van der Waals surface area contributed by atoms with Crippen LogP contribution in [-0.4, -0.2) is 62.9 Å². The Bertz CT molecular complexity index is 910. The number of thiophene rings is 1. The number of carbonyl (C=O) groups excluding carboxylic acids is 1. The first-order chi connectivity index (χ1) is 16.0. The number of hydrogen-bond donors (Lipinski definition) is 2. The molecule has 1 unspecified atom stereocenters. The molecule has 0 spiro atoms. The van der Waals surface area contributed by atoms with Crippen LogP contribution in [0.1, 0.15) is 59.0 Å².